The smallest absolute Gasteiger partial charge is 0.227 e. The van der Waals surface area contributed by atoms with Gasteiger partial charge in [-0.2, -0.15) is 0 Å². The molecule has 7 rings (SSSR count). The Morgan fingerprint density at radius 1 is 0.860 bits per heavy atom. The maximum absolute atomic E-state index is 6.56. The Balaban J connectivity index is 0.00000120. The molecular formula is C39H38N2OS. The first-order chi connectivity index (χ1) is 20.6. The van der Waals surface area contributed by atoms with Crippen LogP contribution in [-0.2, 0) is 0 Å². The lowest BCUT2D eigenvalue weighted by Gasteiger charge is -2.09. The second-order valence-corrected chi connectivity index (χ2v) is 11.1. The van der Waals surface area contributed by atoms with Crippen LogP contribution in [0.15, 0.2) is 95.9 Å². The highest BCUT2D eigenvalue weighted by atomic mass is 32.1. The van der Waals surface area contributed by atoms with Crippen molar-refractivity contribution >= 4 is 72.6 Å². The standard InChI is InChI=1S/C36H28N2OS.C2H6.CH4/c1-5-11-23-20-28-27-21-24(15-17-30(27)38(31(28)19-22(23)4)25-13-9-8-10-14-25)36-37-29-16-18-33-34(35(29)39-36)26(12-6-2)32(7-3)40-33;1-2;/h5-21H,3H2,1-2,4H3;1-2H3;1H4/b11-5-,12-6-;;. The molecule has 4 heteroatoms. The molecule has 0 aliphatic heterocycles. The molecule has 0 bridgehead atoms. The highest BCUT2D eigenvalue weighted by Gasteiger charge is 2.19. The fraction of sp³-hybridized carbons (Fsp3) is 0.154. The average Bonchev–Trinajstić information content (AvgIpc) is 3.70. The molecule has 43 heavy (non-hydrogen) atoms. The third kappa shape index (κ3) is 4.92. The Labute approximate surface area is 258 Å². The lowest BCUT2D eigenvalue weighted by atomic mass is 10.0. The van der Waals surface area contributed by atoms with E-state index in [1.165, 1.54) is 32.1 Å². The van der Waals surface area contributed by atoms with Crippen molar-refractivity contribution < 1.29 is 4.42 Å². The van der Waals surface area contributed by atoms with Crippen LogP contribution in [0.2, 0.25) is 0 Å². The van der Waals surface area contributed by atoms with Crippen LogP contribution in [-0.4, -0.2) is 9.55 Å². The van der Waals surface area contributed by atoms with E-state index in [1.807, 2.05) is 26.8 Å². The summed E-state index contributed by atoms with van der Waals surface area (Å²) in [4.78, 5) is 6.09. The molecule has 0 aliphatic carbocycles. The topological polar surface area (TPSA) is 31.0 Å². The zero-order valence-corrected chi connectivity index (χ0v) is 25.5. The summed E-state index contributed by atoms with van der Waals surface area (Å²) in [5, 5.41) is 3.48. The molecule has 0 fully saturated rings. The molecular weight excluding hydrogens is 545 g/mol. The molecule has 0 spiro atoms. The highest BCUT2D eigenvalue weighted by molar-refractivity contribution is 7.20. The van der Waals surface area contributed by atoms with E-state index in [9.17, 15) is 0 Å². The van der Waals surface area contributed by atoms with Gasteiger partial charge in [-0.25, -0.2) is 4.98 Å². The summed E-state index contributed by atoms with van der Waals surface area (Å²) in [5.74, 6) is 0.628. The second-order valence-electron chi connectivity index (χ2n) is 10.0. The van der Waals surface area contributed by atoms with Gasteiger partial charge in [-0.15, -0.1) is 11.3 Å². The Morgan fingerprint density at radius 3 is 2.33 bits per heavy atom. The minimum Gasteiger partial charge on any atom is -0.435 e. The number of benzene rings is 4. The number of nitrogens with zero attached hydrogens (tertiary/aromatic N) is 2. The van der Waals surface area contributed by atoms with E-state index in [1.54, 1.807) is 11.3 Å². The molecule has 4 aromatic carbocycles. The third-order valence-electron chi connectivity index (χ3n) is 7.55. The van der Waals surface area contributed by atoms with Crippen molar-refractivity contribution in [3.63, 3.8) is 0 Å². The first-order valence-corrected chi connectivity index (χ1v) is 15.3. The number of allylic oxidation sites excluding steroid dienone is 2. The van der Waals surface area contributed by atoms with Gasteiger partial charge in [0.05, 0.1) is 11.0 Å². The van der Waals surface area contributed by atoms with Gasteiger partial charge in [-0.05, 0) is 86.5 Å². The number of fused-ring (bicyclic) bond motifs is 6. The number of rotatable bonds is 5. The van der Waals surface area contributed by atoms with E-state index in [0.29, 0.717) is 5.89 Å². The summed E-state index contributed by atoms with van der Waals surface area (Å²) < 4.78 is 10.1. The van der Waals surface area contributed by atoms with E-state index < -0.39 is 0 Å². The van der Waals surface area contributed by atoms with Crippen LogP contribution in [0.1, 0.15) is 56.7 Å². The van der Waals surface area contributed by atoms with Crippen molar-refractivity contribution in [3.05, 3.63) is 113 Å². The molecule has 3 aromatic heterocycles. The predicted molar refractivity (Wildman–Crippen MR) is 191 cm³/mol. The monoisotopic (exact) mass is 582 g/mol. The fourth-order valence-electron chi connectivity index (χ4n) is 5.75. The van der Waals surface area contributed by atoms with Crippen LogP contribution in [0.5, 0.6) is 0 Å². The number of aryl methyl sites for hydroxylation is 1. The van der Waals surface area contributed by atoms with Crippen LogP contribution >= 0.6 is 11.3 Å². The van der Waals surface area contributed by atoms with Crippen LogP contribution in [0.25, 0.3) is 78.4 Å². The summed E-state index contributed by atoms with van der Waals surface area (Å²) in [6.45, 7) is 14.3. The zero-order chi connectivity index (χ0) is 29.4. The van der Waals surface area contributed by atoms with E-state index in [-0.39, 0.29) is 7.43 Å². The molecule has 0 saturated heterocycles. The number of thiophene rings is 1. The van der Waals surface area contributed by atoms with Gasteiger partial charge in [-0.3, -0.25) is 0 Å². The molecule has 3 heterocycles. The van der Waals surface area contributed by atoms with Gasteiger partial charge in [0.1, 0.15) is 5.52 Å². The van der Waals surface area contributed by atoms with Crippen molar-refractivity contribution in [2.24, 2.45) is 0 Å². The molecule has 0 amide bonds. The first kappa shape index (κ1) is 29.8. The molecule has 216 valence electrons. The van der Waals surface area contributed by atoms with Crippen molar-refractivity contribution in [1.82, 2.24) is 9.55 Å². The minimum atomic E-state index is 0. The van der Waals surface area contributed by atoms with Gasteiger partial charge in [0.2, 0.25) is 5.89 Å². The van der Waals surface area contributed by atoms with Crippen LogP contribution in [0.4, 0.5) is 0 Å². The zero-order valence-electron chi connectivity index (χ0n) is 24.7. The maximum Gasteiger partial charge on any atom is 0.227 e. The number of para-hydroxylation sites is 1. The summed E-state index contributed by atoms with van der Waals surface area (Å²) in [7, 11) is 0. The Kier molecular flexibility index (Phi) is 8.52. The summed E-state index contributed by atoms with van der Waals surface area (Å²) in [6, 6.07) is 25.9. The van der Waals surface area contributed by atoms with Gasteiger partial charge >= 0.3 is 0 Å². The van der Waals surface area contributed by atoms with Crippen molar-refractivity contribution in [3.8, 4) is 17.1 Å². The van der Waals surface area contributed by atoms with Gasteiger partial charge in [0, 0.05) is 42.6 Å². The Morgan fingerprint density at radius 2 is 1.60 bits per heavy atom. The van der Waals surface area contributed by atoms with Gasteiger partial charge in [0.15, 0.2) is 5.58 Å². The maximum atomic E-state index is 6.56. The van der Waals surface area contributed by atoms with Crippen LogP contribution < -0.4 is 0 Å². The lowest BCUT2D eigenvalue weighted by Crippen LogP contribution is -1.94. The minimum absolute atomic E-state index is 0. The molecule has 0 aliphatic rings. The van der Waals surface area contributed by atoms with Gasteiger partial charge in [-0.1, -0.05) is 76.4 Å². The number of aromatic nitrogens is 2. The van der Waals surface area contributed by atoms with Crippen LogP contribution in [0.3, 0.4) is 0 Å². The fourth-order valence-corrected chi connectivity index (χ4v) is 6.79. The molecule has 7 aromatic rings. The molecule has 0 atom stereocenters. The Bertz CT molecular complexity index is 2150. The quantitative estimate of drug-likeness (QED) is 0.202. The summed E-state index contributed by atoms with van der Waals surface area (Å²) in [6.07, 6.45) is 10.4. The second kappa shape index (κ2) is 12.3. The predicted octanol–water partition coefficient (Wildman–Crippen LogP) is 12.5. The van der Waals surface area contributed by atoms with E-state index in [4.69, 9.17) is 9.40 Å². The van der Waals surface area contributed by atoms with E-state index >= 15 is 0 Å². The normalized spacial score (nSPS) is 11.6. The number of oxazole rings is 1. The molecule has 0 N–H and O–H groups in total. The summed E-state index contributed by atoms with van der Waals surface area (Å²) >= 11 is 1.73. The van der Waals surface area contributed by atoms with Crippen LogP contribution in [0, 0.1) is 6.92 Å². The largest absolute Gasteiger partial charge is 0.435 e. The number of hydrogen-bond acceptors (Lipinski definition) is 3. The number of hydrogen-bond donors (Lipinski definition) is 0. The molecule has 0 radical (unpaired) electrons. The Hall–Kier alpha value is -4.67. The average molecular weight is 583 g/mol. The first-order valence-electron chi connectivity index (χ1n) is 14.5. The molecule has 3 nitrogen and oxygen atoms in total. The van der Waals surface area contributed by atoms with Gasteiger partial charge in [0.25, 0.3) is 0 Å². The highest BCUT2D eigenvalue weighted by Crippen LogP contribution is 2.41. The van der Waals surface area contributed by atoms with Gasteiger partial charge < -0.3 is 8.98 Å². The lowest BCUT2D eigenvalue weighted by molar-refractivity contribution is 0.623. The molecule has 0 saturated carbocycles. The van der Waals surface area contributed by atoms with Crippen molar-refractivity contribution in [1.29, 1.82) is 0 Å². The molecule has 0 unspecified atom stereocenters. The van der Waals surface area contributed by atoms with E-state index in [2.05, 4.69) is 122 Å². The SMILES string of the molecule is C.C=Cc1sc2ccc3nc(-c4ccc5c(c4)c4cc(/C=C\C)c(C)cc4n5-c4ccccc4)oc3c2c1/C=C\C.CC. The summed E-state index contributed by atoms with van der Waals surface area (Å²) in [5.41, 5.74) is 9.75. The van der Waals surface area contributed by atoms with E-state index in [0.717, 1.165) is 43.7 Å². The van der Waals surface area contributed by atoms with Crippen molar-refractivity contribution in [2.75, 3.05) is 0 Å². The van der Waals surface area contributed by atoms with Crippen molar-refractivity contribution in [2.45, 2.75) is 42.0 Å². The third-order valence-corrected chi connectivity index (χ3v) is 8.72.